The van der Waals surface area contributed by atoms with Gasteiger partial charge < -0.3 is 15.0 Å². The molecule has 1 aromatic carbocycles. The molecule has 6 heteroatoms. The summed E-state index contributed by atoms with van der Waals surface area (Å²) in [5.41, 5.74) is 1.22. The smallest absolute Gasteiger partial charge is 0.270 e. The highest BCUT2D eigenvalue weighted by Crippen LogP contribution is 2.44. The molecule has 4 rings (SSSR count). The van der Waals surface area contributed by atoms with Crippen LogP contribution in [0.15, 0.2) is 42.9 Å². The highest BCUT2D eigenvalue weighted by Gasteiger charge is 2.43. The third kappa shape index (κ3) is 3.22. The Morgan fingerprint density at radius 3 is 2.84 bits per heavy atom. The number of aromatic nitrogens is 2. The average Bonchev–Trinajstić information content (AvgIpc) is 2.65. The van der Waals surface area contributed by atoms with Crippen LogP contribution >= 0.6 is 0 Å². The van der Waals surface area contributed by atoms with Gasteiger partial charge >= 0.3 is 0 Å². The fourth-order valence-corrected chi connectivity index (χ4v) is 3.74. The molecular weight excluding hydrogens is 316 g/mol. The topological polar surface area (TPSA) is 67.4 Å². The number of nitrogens with one attached hydrogen (secondary N) is 1. The van der Waals surface area contributed by atoms with Crippen molar-refractivity contribution in [2.75, 3.05) is 20.1 Å². The first-order valence-corrected chi connectivity index (χ1v) is 8.69. The van der Waals surface area contributed by atoms with Crippen molar-refractivity contribution in [2.45, 2.75) is 30.9 Å². The zero-order chi connectivity index (χ0) is 17.3. The van der Waals surface area contributed by atoms with Gasteiger partial charge in [0, 0.05) is 31.3 Å². The molecule has 2 aliphatic heterocycles. The summed E-state index contributed by atoms with van der Waals surface area (Å²) in [5, 5.41) is 3.15. The highest BCUT2D eigenvalue weighted by atomic mass is 16.5. The van der Waals surface area contributed by atoms with E-state index in [-0.39, 0.29) is 17.6 Å². The van der Waals surface area contributed by atoms with Crippen LogP contribution in [0, 0.1) is 0 Å². The molecule has 130 valence electrons. The predicted molar refractivity (Wildman–Crippen MR) is 93.4 cm³/mol. The Bertz CT molecular complexity index is 757. The van der Waals surface area contributed by atoms with Crippen molar-refractivity contribution < 1.29 is 9.53 Å². The monoisotopic (exact) mass is 338 g/mol. The lowest BCUT2D eigenvalue weighted by atomic mass is 9.80. The molecule has 0 radical (unpaired) electrons. The van der Waals surface area contributed by atoms with Crippen molar-refractivity contribution in [1.82, 2.24) is 20.2 Å². The first-order valence-electron chi connectivity index (χ1n) is 8.69. The van der Waals surface area contributed by atoms with Gasteiger partial charge in [0.15, 0.2) is 0 Å². The Morgan fingerprint density at radius 2 is 2.08 bits per heavy atom. The molecule has 2 aromatic rings. The van der Waals surface area contributed by atoms with Crippen molar-refractivity contribution in [3.8, 4) is 5.75 Å². The van der Waals surface area contributed by atoms with Gasteiger partial charge in [-0.1, -0.05) is 18.2 Å². The number of benzene rings is 1. The molecule has 6 nitrogen and oxygen atoms in total. The van der Waals surface area contributed by atoms with Crippen LogP contribution in [-0.2, 0) is 0 Å². The van der Waals surface area contributed by atoms with Gasteiger partial charge in [0.2, 0.25) is 0 Å². The molecule has 2 aliphatic rings. The standard InChI is InChI=1S/C19H22N4O2/c1-23-10-7-19(8-11-23)12-16(14-4-2-3-5-17(14)25-19)22-18(24)15-6-9-20-13-21-15/h2-6,9,13,16H,7-8,10-12H2,1H3,(H,22,24). The number of carbonyl (C=O) groups excluding carboxylic acids is 1. The molecule has 1 atom stereocenters. The Labute approximate surface area is 147 Å². The van der Waals surface area contributed by atoms with Crippen LogP contribution in [0.3, 0.4) is 0 Å². The molecular formula is C19H22N4O2. The lowest BCUT2D eigenvalue weighted by Gasteiger charge is -2.46. The Hall–Kier alpha value is -2.47. The Morgan fingerprint density at radius 1 is 1.28 bits per heavy atom. The lowest BCUT2D eigenvalue weighted by Crippen LogP contribution is -2.51. The fourth-order valence-electron chi connectivity index (χ4n) is 3.74. The summed E-state index contributed by atoms with van der Waals surface area (Å²) in [4.78, 5) is 22.8. The molecule has 0 bridgehead atoms. The van der Waals surface area contributed by atoms with E-state index in [4.69, 9.17) is 4.74 Å². The van der Waals surface area contributed by atoms with Crippen molar-refractivity contribution >= 4 is 5.91 Å². The van der Waals surface area contributed by atoms with Crippen LogP contribution in [0.25, 0.3) is 0 Å². The third-order valence-electron chi connectivity index (χ3n) is 5.22. The van der Waals surface area contributed by atoms with Gasteiger partial charge in [-0.3, -0.25) is 4.79 Å². The molecule has 1 fully saturated rings. The molecule has 1 unspecified atom stereocenters. The molecule has 3 heterocycles. The van der Waals surface area contributed by atoms with Gasteiger partial charge in [-0.25, -0.2) is 9.97 Å². The summed E-state index contributed by atoms with van der Waals surface area (Å²) < 4.78 is 6.42. The minimum absolute atomic E-state index is 0.0733. The van der Waals surface area contributed by atoms with Crippen LogP contribution in [0.5, 0.6) is 5.75 Å². The minimum Gasteiger partial charge on any atom is -0.487 e. The van der Waals surface area contributed by atoms with Gasteiger partial charge in [0.05, 0.1) is 6.04 Å². The normalized spacial score (nSPS) is 22.0. The second-order valence-corrected chi connectivity index (χ2v) is 6.95. The van der Waals surface area contributed by atoms with Crippen molar-refractivity contribution in [1.29, 1.82) is 0 Å². The van der Waals surface area contributed by atoms with Crippen molar-refractivity contribution in [2.24, 2.45) is 0 Å². The van der Waals surface area contributed by atoms with Crippen molar-refractivity contribution in [3.63, 3.8) is 0 Å². The molecule has 0 aliphatic carbocycles. The predicted octanol–water partition coefficient (Wildman–Crippen LogP) is 2.19. The van der Waals surface area contributed by atoms with Gasteiger partial charge in [-0.2, -0.15) is 0 Å². The average molecular weight is 338 g/mol. The number of rotatable bonds is 2. The second-order valence-electron chi connectivity index (χ2n) is 6.95. The number of para-hydroxylation sites is 1. The summed E-state index contributed by atoms with van der Waals surface area (Å²) >= 11 is 0. The maximum Gasteiger partial charge on any atom is 0.270 e. The molecule has 1 saturated heterocycles. The number of hydrogen-bond donors (Lipinski definition) is 1. The van der Waals surface area contributed by atoms with Gasteiger partial charge in [-0.15, -0.1) is 0 Å². The summed E-state index contributed by atoms with van der Waals surface area (Å²) in [6, 6.07) is 9.55. The number of amides is 1. The third-order valence-corrected chi connectivity index (χ3v) is 5.22. The van der Waals surface area contributed by atoms with Gasteiger partial charge in [0.25, 0.3) is 5.91 Å². The van der Waals surface area contributed by atoms with E-state index in [1.54, 1.807) is 12.3 Å². The second kappa shape index (κ2) is 6.44. The molecule has 0 saturated carbocycles. The number of likely N-dealkylation sites (tertiary alicyclic amines) is 1. The number of hydrogen-bond acceptors (Lipinski definition) is 5. The molecule has 1 N–H and O–H groups in total. The van der Waals surface area contributed by atoms with E-state index in [9.17, 15) is 4.79 Å². The summed E-state index contributed by atoms with van der Waals surface area (Å²) in [7, 11) is 2.14. The van der Waals surface area contributed by atoms with Gasteiger partial charge in [0.1, 0.15) is 23.4 Å². The van der Waals surface area contributed by atoms with Crippen molar-refractivity contribution in [3.05, 3.63) is 54.1 Å². The van der Waals surface area contributed by atoms with Crippen LogP contribution < -0.4 is 10.1 Å². The van der Waals surface area contributed by atoms with E-state index < -0.39 is 0 Å². The fraction of sp³-hybridized carbons (Fsp3) is 0.421. The SMILES string of the molecule is CN1CCC2(CC1)CC(NC(=O)c1ccncn1)c1ccccc1O2. The molecule has 1 aromatic heterocycles. The highest BCUT2D eigenvalue weighted by molar-refractivity contribution is 5.92. The van der Waals surface area contributed by atoms with Gasteiger partial charge in [-0.05, 0) is 32.0 Å². The maximum atomic E-state index is 12.6. The quantitative estimate of drug-likeness (QED) is 0.909. The summed E-state index contributed by atoms with van der Waals surface area (Å²) in [6.07, 6.45) is 5.70. The van der Waals surface area contributed by atoms with E-state index in [1.165, 1.54) is 6.33 Å². The summed E-state index contributed by atoms with van der Waals surface area (Å²) in [5.74, 6) is 0.707. The van der Waals surface area contributed by atoms with E-state index in [0.29, 0.717) is 5.69 Å². The number of nitrogens with zero attached hydrogens (tertiary/aromatic N) is 3. The zero-order valence-corrected chi connectivity index (χ0v) is 14.3. The zero-order valence-electron chi connectivity index (χ0n) is 14.3. The number of carbonyl (C=O) groups is 1. The van der Waals surface area contributed by atoms with Crippen LogP contribution in [-0.4, -0.2) is 46.5 Å². The largest absolute Gasteiger partial charge is 0.487 e. The lowest BCUT2D eigenvalue weighted by molar-refractivity contribution is -0.0196. The number of fused-ring (bicyclic) bond motifs is 1. The van der Waals surface area contributed by atoms with E-state index in [0.717, 1.165) is 43.7 Å². The Kier molecular flexibility index (Phi) is 4.13. The molecule has 1 amide bonds. The Balaban J connectivity index is 1.60. The first kappa shape index (κ1) is 16.0. The number of ether oxygens (including phenoxy) is 1. The first-order chi connectivity index (χ1) is 12.2. The number of piperidine rings is 1. The van der Waals surface area contributed by atoms with Crippen LogP contribution in [0.4, 0.5) is 0 Å². The molecule has 1 spiro atoms. The van der Waals surface area contributed by atoms with E-state index in [1.807, 2.05) is 24.3 Å². The van der Waals surface area contributed by atoms with E-state index in [2.05, 4.69) is 27.2 Å². The van der Waals surface area contributed by atoms with Crippen LogP contribution in [0.1, 0.15) is 41.4 Å². The maximum absolute atomic E-state index is 12.6. The minimum atomic E-state index is -0.204. The van der Waals surface area contributed by atoms with E-state index >= 15 is 0 Å². The molecule has 25 heavy (non-hydrogen) atoms. The summed E-state index contributed by atoms with van der Waals surface area (Å²) in [6.45, 7) is 2.02. The van der Waals surface area contributed by atoms with Crippen LogP contribution in [0.2, 0.25) is 0 Å².